The largest absolute Gasteiger partial charge is 0.287 e. The van der Waals surface area contributed by atoms with E-state index in [2.05, 4.69) is 13.0 Å². The molecule has 1 aromatic rings. The van der Waals surface area contributed by atoms with E-state index in [0.717, 1.165) is 17.9 Å². The highest BCUT2D eigenvalue weighted by atomic mass is 16.5. The molecule has 0 saturated heterocycles. The van der Waals surface area contributed by atoms with Gasteiger partial charge < -0.3 is 0 Å². The number of hydrogen-bond acceptors (Lipinski definition) is 3. The van der Waals surface area contributed by atoms with E-state index in [4.69, 9.17) is 5.26 Å². The van der Waals surface area contributed by atoms with Gasteiger partial charge in [0.1, 0.15) is 6.04 Å². The van der Waals surface area contributed by atoms with Crippen molar-refractivity contribution in [2.75, 3.05) is 5.06 Å². The Labute approximate surface area is 90.5 Å². The Kier molecular flexibility index (Phi) is 4.65. The Morgan fingerprint density at radius 3 is 2.60 bits per heavy atom. The fourth-order valence-electron chi connectivity index (χ4n) is 1.40. The molecular formula is C12H16N2O. The highest BCUT2D eigenvalue weighted by Gasteiger charge is 2.15. The first-order valence-electron chi connectivity index (χ1n) is 5.22. The SMILES string of the molecule is CCCCC(C#N)N(O)c1ccccc1. The summed E-state index contributed by atoms with van der Waals surface area (Å²) in [5.74, 6) is 0. The number of hydrogen-bond donors (Lipinski definition) is 1. The Bertz CT molecular complexity index is 318. The zero-order valence-corrected chi connectivity index (χ0v) is 8.93. The Morgan fingerprint density at radius 2 is 2.07 bits per heavy atom. The molecule has 0 aromatic heterocycles. The van der Waals surface area contributed by atoms with Crippen LogP contribution < -0.4 is 5.06 Å². The minimum absolute atomic E-state index is 0.452. The average Bonchev–Trinajstić information content (AvgIpc) is 2.31. The predicted octanol–water partition coefficient (Wildman–Crippen LogP) is 2.96. The van der Waals surface area contributed by atoms with E-state index in [-0.39, 0.29) is 0 Å². The lowest BCUT2D eigenvalue weighted by atomic mass is 10.1. The standard InChI is InChI=1S/C12H16N2O/c1-2-3-7-12(10-13)14(15)11-8-5-4-6-9-11/h4-6,8-9,12,15H,2-3,7H2,1H3. The summed E-state index contributed by atoms with van der Waals surface area (Å²) in [6.45, 7) is 2.07. The van der Waals surface area contributed by atoms with Crippen LogP contribution in [-0.2, 0) is 0 Å². The lowest BCUT2D eigenvalue weighted by Gasteiger charge is -2.21. The lowest BCUT2D eigenvalue weighted by molar-refractivity contribution is 0.229. The van der Waals surface area contributed by atoms with Crippen molar-refractivity contribution in [1.29, 1.82) is 5.26 Å². The van der Waals surface area contributed by atoms with Crippen molar-refractivity contribution >= 4 is 5.69 Å². The van der Waals surface area contributed by atoms with Gasteiger partial charge in [0.15, 0.2) is 0 Å². The first-order valence-corrected chi connectivity index (χ1v) is 5.22. The van der Waals surface area contributed by atoms with Crippen LogP contribution in [0.25, 0.3) is 0 Å². The first-order chi connectivity index (χ1) is 7.29. The van der Waals surface area contributed by atoms with Gasteiger partial charge in [0.2, 0.25) is 0 Å². The second-order valence-electron chi connectivity index (χ2n) is 3.47. The van der Waals surface area contributed by atoms with Gasteiger partial charge in [0, 0.05) is 0 Å². The van der Waals surface area contributed by atoms with Crippen LogP contribution in [-0.4, -0.2) is 11.2 Å². The molecule has 1 N–H and O–H groups in total. The molecule has 3 nitrogen and oxygen atoms in total. The third-order valence-electron chi connectivity index (χ3n) is 2.30. The topological polar surface area (TPSA) is 47.3 Å². The van der Waals surface area contributed by atoms with Crippen LogP contribution >= 0.6 is 0 Å². The molecule has 0 heterocycles. The van der Waals surface area contributed by atoms with E-state index in [1.54, 1.807) is 12.1 Å². The Hall–Kier alpha value is -1.53. The Balaban J connectivity index is 2.66. The summed E-state index contributed by atoms with van der Waals surface area (Å²) in [5, 5.41) is 19.8. The minimum atomic E-state index is -0.452. The summed E-state index contributed by atoms with van der Waals surface area (Å²) in [5.41, 5.74) is 0.667. The normalized spacial score (nSPS) is 11.8. The molecule has 0 saturated carbocycles. The number of benzene rings is 1. The van der Waals surface area contributed by atoms with Crippen molar-refractivity contribution in [2.45, 2.75) is 32.2 Å². The Morgan fingerprint density at radius 1 is 1.40 bits per heavy atom. The molecule has 0 spiro atoms. The molecule has 3 heteroatoms. The maximum absolute atomic E-state index is 9.82. The van der Waals surface area contributed by atoms with E-state index in [0.29, 0.717) is 12.1 Å². The van der Waals surface area contributed by atoms with Gasteiger partial charge in [0.25, 0.3) is 0 Å². The molecule has 1 rings (SSSR count). The van der Waals surface area contributed by atoms with Crippen molar-refractivity contribution in [3.63, 3.8) is 0 Å². The van der Waals surface area contributed by atoms with Crippen LogP contribution in [0.15, 0.2) is 30.3 Å². The van der Waals surface area contributed by atoms with Crippen LogP contribution in [0.5, 0.6) is 0 Å². The highest BCUT2D eigenvalue weighted by molar-refractivity contribution is 5.45. The van der Waals surface area contributed by atoms with Gasteiger partial charge >= 0.3 is 0 Å². The quantitative estimate of drug-likeness (QED) is 0.750. The summed E-state index contributed by atoms with van der Waals surface area (Å²) < 4.78 is 0. The van der Waals surface area contributed by atoms with E-state index < -0.39 is 6.04 Å². The van der Waals surface area contributed by atoms with Crippen molar-refractivity contribution in [1.82, 2.24) is 0 Å². The number of para-hydroxylation sites is 1. The summed E-state index contributed by atoms with van der Waals surface area (Å²) in [6, 6.07) is 10.8. The zero-order valence-electron chi connectivity index (χ0n) is 8.93. The van der Waals surface area contributed by atoms with Gasteiger partial charge in [-0.3, -0.25) is 5.21 Å². The number of nitriles is 1. The van der Waals surface area contributed by atoms with Crippen LogP contribution in [0, 0.1) is 11.3 Å². The summed E-state index contributed by atoms with van der Waals surface area (Å²) in [7, 11) is 0. The summed E-state index contributed by atoms with van der Waals surface area (Å²) >= 11 is 0. The molecule has 15 heavy (non-hydrogen) atoms. The van der Waals surface area contributed by atoms with Gasteiger partial charge in [-0.2, -0.15) is 5.26 Å². The molecule has 0 bridgehead atoms. The number of hydroxylamine groups is 1. The van der Waals surface area contributed by atoms with Crippen LogP contribution in [0.2, 0.25) is 0 Å². The van der Waals surface area contributed by atoms with Crippen LogP contribution in [0.1, 0.15) is 26.2 Å². The maximum atomic E-state index is 9.82. The van der Waals surface area contributed by atoms with Crippen molar-refractivity contribution in [2.24, 2.45) is 0 Å². The third kappa shape index (κ3) is 3.26. The van der Waals surface area contributed by atoms with Crippen LogP contribution in [0.4, 0.5) is 5.69 Å². The average molecular weight is 204 g/mol. The number of unbranched alkanes of at least 4 members (excludes halogenated alkanes) is 1. The van der Waals surface area contributed by atoms with Crippen molar-refractivity contribution in [3.8, 4) is 6.07 Å². The predicted molar refractivity (Wildman–Crippen MR) is 59.6 cm³/mol. The molecule has 80 valence electrons. The van der Waals surface area contributed by atoms with Gasteiger partial charge in [-0.1, -0.05) is 38.0 Å². The van der Waals surface area contributed by atoms with E-state index in [1.807, 2.05) is 18.2 Å². The monoisotopic (exact) mass is 204 g/mol. The molecular weight excluding hydrogens is 188 g/mol. The zero-order chi connectivity index (χ0) is 11.1. The second-order valence-corrected chi connectivity index (χ2v) is 3.47. The fraction of sp³-hybridized carbons (Fsp3) is 0.417. The molecule has 1 aromatic carbocycles. The molecule has 0 fully saturated rings. The van der Waals surface area contributed by atoms with Gasteiger partial charge in [0.05, 0.1) is 11.8 Å². The van der Waals surface area contributed by atoms with Gasteiger partial charge in [-0.05, 0) is 18.6 Å². The second kappa shape index (κ2) is 6.05. The molecule has 0 amide bonds. The first kappa shape index (κ1) is 11.5. The van der Waals surface area contributed by atoms with Crippen molar-refractivity contribution < 1.29 is 5.21 Å². The smallest absolute Gasteiger partial charge is 0.142 e. The van der Waals surface area contributed by atoms with E-state index in [1.165, 1.54) is 0 Å². The minimum Gasteiger partial charge on any atom is -0.287 e. The summed E-state index contributed by atoms with van der Waals surface area (Å²) in [6.07, 6.45) is 2.67. The third-order valence-corrected chi connectivity index (χ3v) is 2.30. The molecule has 0 radical (unpaired) electrons. The highest BCUT2D eigenvalue weighted by Crippen LogP contribution is 2.16. The van der Waals surface area contributed by atoms with Gasteiger partial charge in [-0.15, -0.1) is 0 Å². The molecule has 1 atom stereocenters. The lowest BCUT2D eigenvalue weighted by Crippen LogP contribution is -2.30. The molecule has 0 aliphatic rings. The molecule has 1 unspecified atom stereocenters. The fourth-order valence-corrected chi connectivity index (χ4v) is 1.40. The molecule has 0 aliphatic carbocycles. The van der Waals surface area contributed by atoms with Crippen molar-refractivity contribution in [3.05, 3.63) is 30.3 Å². The van der Waals surface area contributed by atoms with E-state index in [9.17, 15) is 5.21 Å². The molecule has 0 aliphatic heterocycles. The van der Waals surface area contributed by atoms with E-state index >= 15 is 0 Å². The maximum Gasteiger partial charge on any atom is 0.142 e. The number of rotatable bonds is 5. The summed E-state index contributed by atoms with van der Waals surface area (Å²) in [4.78, 5) is 0. The number of nitrogens with zero attached hydrogens (tertiary/aromatic N) is 2. The van der Waals surface area contributed by atoms with Crippen LogP contribution in [0.3, 0.4) is 0 Å². The van der Waals surface area contributed by atoms with Gasteiger partial charge in [-0.25, -0.2) is 5.06 Å². The number of anilines is 1.